The van der Waals surface area contributed by atoms with Crippen LogP contribution in [0.1, 0.15) is 51.0 Å². The second kappa shape index (κ2) is 10.2. The van der Waals surface area contributed by atoms with Crippen molar-refractivity contribution < 1.29 is 20.1 Å². The lowest BCUT2D eigenvalue weighted by Crippen LogP contribution is -2.23. The van der Waals surface area contributed by atoms with Gasteiger partial charge in [-0.3, -0.25) is 0 Å². The molecule has 4 rings (SSSR count). The lowest BCUT2D eigenvalue weighted by atomic mass is 9.83. The zero-order valence-electron chi connectivity index (χ0n) is 20.3. The average Bonchev–Trinajstić information content (AvgIpc) is 3.37. The maximum absolute atomic E-state index is 9.40. The molecule has 0 unspecified atom stereocenters. The number of ether oxygens (including phenoxy) is 1. The molecule has 0 amide bonds. The van der Waals surface area contributed by atoms with Gasteiger partial charge in [-0.15, -0.1) is 0 Å². The van der Waals surface area contributed by atoms with Crippen molar-refractivity contribution in [1.29, 1.82) is 0 Å². The molecule has 0 aliphatic carbocycles. The van der Waals surface area contributed by atoms with Crippen molar-refractivity contribution >= 4 is 5.69 Å². The Morgan fingerprint density at radius 3 is 2.12 bits per heavy atom. The molecule has 34 heavy (non-hydrogen) atoms. The van der Waals surface area contributed by atoms with Crippen molar-refractivity contribution in [2.24, 2.45) is 0 Å². The van der Waals surface area contributed by atoms with Crippen molar-refractivity contribution in [2.45, 2.75) is 45.3 Å². The van der Waals surface area contributed by atoms with Gasteiger partial charge in [0, 0.05) is 29.9 Å². The normalized spacial score (nSPS) is 14.1. The van der Waals surface area contributed by atoms with Crippen LogP contribution in [0.4, 0.5) is 5.69 Å². The van der Waals surface area contributed by atoms with Crippen LogP contribution in [-0.2, 0) is 5.41 Å². The molecule has 1 heterocycles. The molecular weight excluding hydrogens is 426 g/mol. The highest BCUT2D eigenvalue weighted by molar-refractivity contribution is 5.80. The zero-order valence-corrected chi connectivity index (χ0v) is 20.3. The van der Waals surface area contributed by atoms with Gasteiger partial charge in [0.1, 0.15) is 12.4 Å². The third-order valence-electron chi connectivity index (χ3n) is 6.43. The van der Waals surface area contributed by atoms with E-state index >= 15 is 0 Å². The maximum atomic E-state index is 9.40. The summed E-state index contributed by atoms with van der Waals surface area (Å²) in [5.74, 6) is 0.731. The quantitative estimate of drug-likeness (QED) is 0.418. The van der Waals surface area contributed by atoms with Crippen LogP contribution >= 0.6 is 0 Å². The molecule has 1 aliphatic heterocycles. The third-order valence-corrected chi connectivity index (χ3v) is 6.43. The number of anilines is 1. The first-order chi connectivity index (χ1) is 16.3. The van der Waals surface area contributed by atoms with Gasteiger partial charge in [-0.25, -0.2) is 0 Å². The lowest BCUT2D eigenvalue weighted by Gasteiger charge is -2.29. The molecule has 5 nitrogen and oxygen atoms in total. The third kappa shape index (κ3) is 5.27. The fourth-order valence-electron chi connectivity index (χ4n) is 4.60. The molecule has 0 saturated carbocycles. The fourth-order valence-corrected chi connectivity index (χ4v) is 4.60. The lowest BCUT2D eigenvalue weighted by molar-refractivity contribution is -0.0424. The summed E-state index contributed by atoms with van der Waals surface area (Å²) in [4.78, 5) is 2.49. The number of hydrogen-bond acceptors (Lipinski definition) is 5. The van der Waals surface area contributed by atoms with Crippen LogP contribution in [0.2, 0.25) is 0 Å². The minimum atomic E-state index is -1.48. The monoisotopic (exact) mass is 461 g/mol. The summed E-state index contributed by atoms with van der Waals surface area (Å²) < 4.78 is 5.91. The summed E-state index contributed by atoms with van der Waals surface area (Å²) >= 11 is 0. The highest BCUT2D eigenvalue weighted by Gasteiger charge is 2.24. The van der Waals surface area contributed by atoms with E-state index in [9.17, 15) is 15.3 Å². The predicted octanol–water partition coefficient (Wildman–Crippen LogP) is 5.27. The highest BCUT2D eigenvalue weighted by atomic mass is 16.5. The number of aliphatic hydroxyl groups excluding tert-OH is 2. The minimum Gasteiger partial charge on any atom is -0.491 e. The Balaban J connectivity index is 1.80. The first kappa shape index (κ1) is 24.3. The van der Waals surface area contributed by atoms with Gasteiger partial charge in [0.25, 0.3) is 0 Å². The molecule has 3 aromatic carbocycles. The van der Waals surface area contributed by atoms with E-state index in [1.54, 1.807) is 12.1 Å². The van der Waals surface area contributed by atoms with Crippen LogP contribution in [0.25, 0.3) is 22.3 Å². The molecule has 1 aliphatic rings. The van der Waals surface area contributed by atoms with E-state index in [0.29, 0.717) is 5.56 Å². The summed E-state index contributed by atoms with van der Waals surface area (Å²) in [7, 11) is 0. The largest absolute Gasteiger partial charge is 0.491 e. The van der Waals surface area contributed by atoms with Gasteiger partial charge in [0.05, 0.1) is 6.61 Å². The Morgan fingerprint density at radius 1 is 0.853 bits per heavy atom. The van der Waals surface area contributed by atoms with Crippen molar-refractivity contribution in [3.05, 3.63) is 71.8 Å². The summed E-state index contributed by atoms with van der Waals surface area (Å²) in [5.41, 5.74) is 7.08. The smallest absolute Gasteiger partial charge is 0.178 e. The van der Waals surface area contributed by atoms with Crippen molar-refractivity contribution in [3.63, 3.8) is 0 Å². The van der Waals surface area contributed by atoms with Gasteiger partial charge in [-0.1, -0.05) is 57.2 Å². The average molecular weight is 462 g/mol. The Bertz CT molecular complexity index is 1110. The Morgan fingerprint density at radius 2 is 1.50 bits per heavy atom. The molecule has 0 aromatic heterocycles. The molecule has 0 spiro atoms. The fraction of sp³-hybridized carbons (Fsp3) is 0.379. The van der Waals surface area contributed by atoms with Crippen molar-refractivity contribution in [3.8, 4) is 28.0 Å². The van der Waals surface area contributed by atoms with E-state index in [2.05, 4.69) is 49.9 Å². The summed E-state index contributed by atoms with van der Waals surface area (Å²) in [6, 6.07) is 19.9. The van der Waals surface area contributed by atoms with E-state index in [1.165, 1.54) is 24.1 Å². The Hall–Kier alpha value is -2.86. The summed E-state index contributed by atoms with van der Waals surface area (Å²) in [6.07, 6.45) is 0.987. The molecule has 5 heteroatoms. The summed E-state index contributed by atoms with van der Waals surface area (Å²) in [6.45, 7) is 9.14. The van der Waals surface area contributed by atoms with Crippen LogP contribution in [0.15, 0.2) is 60.7 Å². The standard InChI is InChI=1S/C29H35NO4/c1-29(2,3)25-19-23(10-12-26(25)30-14-4-5-15-30)24-18-22(11-13-27(24)34-17-16-31)20-6-8-21(9-7-20)28(32)33/h6-13,18-19,28,31-33H,4-5,14-17H2,1-3H3. The highest BCUT2D eigenvalue weighted by Crippen LogP contribution is 2.40. The van der Waals surface area contributed by atoms with Crippen molar-refractivity contribution in [2.75, 3.05) is 31.2 Å². The van der Waals surface area contributed by atoms with Gasteiger partial charge < -0.3 is 25.0 Å². The number of hydrogen-bond donors (Lipinski definition) is 3. The van der Waals surface area contributed by atoms with E-state index in [-0.39, 0.29) is 18.6 Å². The first-order valence-corrected chi connectivity index (χ1v) is 12.0. The molecular formula is C29H35NO4. The Labute approximate surface area is 202 Å². The van der Waals surface area contributed by atoms with Gasteiger partial charge in [-0.05, 0) is 64.8 Å². The van der Waals surface area contributed by atoms with Gasteiger partial charge in [-0.2, -0.15) is 0 Å². The van der Waals surface area contributed by atoms with Gasteiger partial charge in [0.2, 0.25) is 0 Å². The number of rotatable bonds is 7. The molecule has 0 radical (unpaired) electrons. The molecule has 1 saturated heterocycles. The molecule has 3 N–H and O–H groups in total. The second-order valence-electron chi connectivity index (χ2n) is 9.95. The minimum absolute atomic E-state index is 0.0153. The van der Waals surface area contributed by atoms with E-state index in [0.717, 1.165) is 41.1 Å². The predicted molar refractivity (Wildman–Crippen MR) is 137 cm³/mol. The van der Waals surface area contributed by atoms with Crippen LogP contribution in [0.5, 0.6) is 5.75 Å². The number of nitrogens with zero attached hydrogens (tertiary/aromatic N) is 1. The first-order valence-electron chi connectivity index (χ1n) is 12.0. The van der Waals surface area contributed by atoms with E-state index < -0.39 is 6.29 Å². The van der Waals surface area contributed by atoms with Crippen LogP contribution in [0.3, 0.4) is 0 Å². The second-order valence-corrected chi connectivity index (χ2v) is 9.95. The van der Waals surface area contributed by atoms with Crippen LogP contribution in [0, 0.1) is 0 Å². The summed E-state index contributed by atoms with van der Waals surface area (Å²) in [5, 5.41) is 28.1. The topological polar surface area (TPSA) is 73.2 Å². The van der Waals surface area contributed by atoms with E-state index in [1.807, 2.05) is 24.3 Å². The van der Waals surface area contributed by atoms with Crippen LogP contribution in [-0.4, -0.2) is 41.6 Å². The van der Waals surface area contributed by atoms with Gasteiger partial charge in [0.15, 0.2) is 6.29 Å². The number of aliphatic hydroxyl groups is 3. The zero-order chi connectivity index (χ0) is 24.3. The Kier molecular flexibility index (Phi) is 7.27. The molecule has 0 atom stereocenters. The van der Waals surface area contributed by atoms with Gasteiger partial charge >= 0.3 is 0 Å². The molecule has 3 aromatic rings. The molecule has 0 bridgehead atoms. The SMILES string of the molecule is CC(C)(C)c1cc(-c2cc(-c3ccc(C(O)O)cc3)ccc2OCCO)ccc1N1CCCC1. The van der Waals surface area contributed by atoms with Crippen LogP contribution < -0.4 is 9.64 Å². The van der Waals surface area contributed by atoms with Crippen molar-refractivity contribution in [1.82, 2.24) is 0 Å². The number of benzene rings is 3. The molecule has 1 fully saturated rings. The van der Waals surface area contributed by atoms with E-state index in [4.69, 9.17) is 4.74 Å². The molecule has 180 valence electrons. The maximum Gasteiger partial charge on any atom is 0.178 e.